The highest BCUT2D eigenvalue weighted by Crippen LogP contribution is 1.98. The zero-order valence-corrected chi connectivity index (χ0v) is 14.8. The average Bonchev–Trinajstić information content (AvgIpc) is 2.53. The summed E-state index contributed by atoms with van der Waals surface area (Å²) in [7, 11) is -1.42. The summed E-state index contributed by atoms with van der Waals surface area (Å²) in [5.41, 5.74) is 7.00. The van der Waals surface area contributed by atoms with Crippen LogP contribution in [-0.2, 0) is 0 Å². The molecule has 0 spiro atoms. The predicted molar refractivity (Wildman–Crippen MR) is 97.1 cm³/mol. The summed E-state index contributed by atoms with van der Waals surface area (Å²) in [6, 6.07) is 10.7. The average molecular weight is 297 g/mol. The lowest BCUT2D eigenvalue weighted by Crippen LogP contribution is -2.27. The molecule has 0 heterocycles. The molecule has 1 rings (SSSR count). The zero-order chi connectivity index (χ0) is 15.2. The van der Waals surface area contributed by atoms with Gasteiger partial charge in [-0.1, -0.05) is 69.9 Å². The first-order valence-corrected chi connectivity index (χ1v) is 10.1. The Kier molecular flexibility index (Phi) is 10.3. The van der Waals surface area contributed by atoms with Crippen molar-refractivity contribution in [3.05, 3.63) is 30.3 Å². The van der Waals surface area contributed by atoms with Crippen LogP contribution in [0.15, 0.2) is 30.3 Å². The summed E-state index contributed by atoms with van der Waals surface area (Å²) >= 11 is 0. The van der Waals surface area contributed by atoms with Crippen LogP contribution in [-0.4, -0.2) is 8.80 Å². The van der Waals surface area contributed by atoms with Crippen molar-refractivity contribution in [1.29, 1.82) is 0 Å². The van der Waals surface area contributed by atoms with Crippen LogP contribution < -0.4 is 5.19 Å². The maximum absolute atomic E-state index is 3.50. The molecular weight excluding hydrogens is 268 g/mol. The molecule has 21 heavy (non-hydrogen) atoms. The smallest absolute Gasteiger partial charge is 0.114 e. The molecule has 0 N–H and O–H groups in total. The van der Waals surface area contributed by atoms with E-state index in [0.717, 1.165) is 12.8 Å². The van der Waals surface area contributed by atoms with E-state index in [-0.39, 0.29) is 0 Å². The van der Waals surface area contributed by atoms with E-state index in [9.17, 15) is 0 Å². The van der Waals surface area contributed by atoms with Gasteiger partial charge in [0, 0.05) is 12.8 Å². The molecule has 0 bridgehead atoms. The molecule has 0 amide bonds. The Labute approximate surface area is 133 Å². The topological polar surface area (TPSA) is 0 Å². The van der Waals surface area contributed by atoms with Crippen LogP contribution in [0.25, 0.3) is 0 Å². The number of rotatable bonds is 7. The van der Waals surface area contributed by atoms with Crippen LogP contribution >= 0.6 is 0 Å². The second kappa shape index (κ2) is 12.3. The van der Waals surface area contributed by atoms with E-state index in [1.54, 1.807) is 0 Å². The number of benzene rings is 1. The van der Waals surface area contributed by atoms with Crippen molar-refractivity contribution >= 4 is 14.0 Å². The van der Waals surface area contributed by atoms with Crippen molar-refractivity contribution in [2.75, 3.05) is 0 Å². The first kappa shape index (κ1) is 17.6. The van der Waals surface area contributed by atoms with Gasteiger partial charge in [0.15, 0.2) is 0 Å². The molecule has 0 aliphatic carbocycles. The molecular formula is C20H28Si. The number of hydrogen-bond donors (Lipinski definition) is 0. The van der Waals surface area contributed by atoms with E-state index >= 15 is 0 Å². The monoisotopic (exact) mass is 296 g/mol. The van der Waals surface area contributed by atoms with Crippen molar-refractivity contribution in [3.8, 4) is 22.9 Å². The fourth-order valence-corrected chi connectivity index (χ4v) is 3.83. The van der Waals surface area contributed by atoms with Crippen molar-refractivity contribution < 1.29 is 0 Å². The standard InChI is InChI=1S/C20H28Si/c1-3-5-7-9-14-18-21(19-15-10-8-6-4-2)20-16-12-11-13-17-20/h11-13,16-17,21H,3-10H2,1-2H3. The first-order chi connectivity index (χ1) is 10.4. The van der Waals surface area contributed by atoms with E-state index in [0.29, 0.717) is 0 Å². The highest BCUT2D eigenvalue weighted by Gasteiger charge is 2.06. The highest BCUT2D eigenvalue weighted by atomic mass is 28.3. The Morgan fingerprint density at radius 3 is 1.76 bits per heavy atom. The van der Waals surface area contributed by atoms with E-state index in [1.165, 1.54) is 43.7 Å². The van der Waals surface area contributed by atoms with Gasteiger partial charge in [0.05, 0.1) is 0 Å². The van der Waals surface area contributed by atoms with Gasteiger partial charge in [-0.15, -0.1) is 22.9 Å². The minimum atomic E-state index is -1.42. The number of unbranched alkanes of at least 4 members (excludes halogenated alkanes) is 6. The maximum atomic E-state index is 3.50. The molecule has 112 valence electrons. The van der Waals surface area contributed by atoms with E-state index < -0.39 is 8.80 Å². The zero-order valence-electron chi connectivity index (χ0n) is 13.6. The molecule has 0 saturated heterocycles. The Balaban J connectivity index is 2.62. The van der Waals surface area contributed by atoms with Gasteiger partial charge >= 0.3 is 0 Å². The summed E-state index contributed by atoms with van der Waals surface area (Å²) in [4.78, 5) is 0. The lowest BCUT2D eigenvalue weighted by atomic mass is 10.2. The fraction of sp³-hybridized carbons (Fsp3) is 0.500. The lowest BCUT2D eigenvalue weighted by molar-refractivity contribution is 0.737. The summed E-state index contributed by atoms with van der Waals surface area (Å²) in [6.45, 7) is 4.47. The minimum absolute atomic E-state index is 1.03. The molecule has 1 aromatic rings. The molecule has 0 saturated carbocycles. The first-order valence-electron chi connectivity index (χ1n) is 8.40. The third-order valence-corrected chi connectivity index (χ3v) is 5.47. The SMILES string of the molecule is CCCCCC#C[SiH](C#CCCCCC)c1ccccc1. The van der Waals surface area contributed by atoms with E-state index in [2.05, 4.69) is 67.1 Å². The molecule has 0 radical (unpaired) electrons. The Morgan fingerprint density at radius 2 is 1.29 bits per heavy atom. The van der Waals surface area contributed by atoms with Gasteiger partial charge in [0.2, 0.25) is 8.80 Å². The minimum Gasteiger partial charge on any atom is -0.114 e. The Bertz CT molecular complexity index is 453. The van der Waals surface area contributed by atoms with Gasteiger partial charge < -0.3 is 0 Å². The second-order valence-electron chi connectivity index (χ2n) is 5.40. The molecule has 0 aliphatic heterocycles. The van der Waals surface area contributed by atoms with Crippen LogP contribution in [0.1, 0.15) is 65.2 Å². The van der Waals surface area contributed by atoms with Crippen LogP contribution in [0.5, 0.6) is 0 Å². The lowest BCUT2D eigenvalue weighted by Gasteiger charge is -2.01. The summed E-state index contributed by atoms with van der Waals surface area (Å²) in [6.07, 6.45) is 9.61. The van der Waals surface area contributed by atoms with Crippen molar-refractivity contribution in [2.24, 2.45) is 0 Å². The van der Waals surface area contributed by atoms with Gasteiger partial charge in [-0.2, -0.15) is 0 Å². The van der Waals surface area contributed by atoms with Crippen LogP contribution in [0.3, 0.4) is 0 Å². The normalized spacial score (nSPS) is 9.67. The molecule has 0 atom stereocenters. The van der Waals surface area contributed by atoms with Crippen molar-refractivity contribution in [1.82, 2.24) is 0 Å². The fourth-order valence-electron chi connectivity index (χ4n) is 2.12. The highest BCUT2D eigenvalue weighted by molar-refractivity contribution is 6.87. The van der Waals surface area contributed by atoms with Gasteiger partial charge in [-0.3, -0.25) is 0 Å². The van der Waals surface area contributed by atoms with E-state index in [4.69, 9.17) is 0 Å². The molecule has 1 aromatic carbocycles. The van der Waals surface area contributed by atoms with Gasteiger partial charge in [0.1, 0.15) is 0 Å². The maximum Gasteiger partial charge on any atom is 0.231 e. The molecule has 0 aromatic heterocycles. The summed E-state index contributed by atoms with van der Waals surface area (Å²) < 4.78 is 0. The Hall–Kier alpha value is -1.44. The van der Waals surface area contributed by atoms with Gasteiger partial charge in [-0.05, 0) is 18.0 Å². The Morgan fingerprint density at radius 1 is 0.762 bits per heavy atom. The van der Waals surface area contributed by atoms with Crippen LogP contribution in [0.4, 0.5) is 0 Å². The van der Waals surface area contributed by atoms with Gasteiger partial charge in [-0.25, -0.2) is 0 Å². The summed E-state index contributed by atoms with van der Waals surface area (Å²) in [5, 5.41) is 1.36. The molecule has 0 unspecified atom stereocenters. The van der Waals surface area contributed by atoms with Crippen LogP contribution in [0.2, 0.25) is 0 Å². The second-order valence-corrected chi connectivity index (χ2v) is 7.51. The largest absolute Gasteiger partial charge is 0.231 e. The van der Waals surface area contributed by atoms with Crippen molar-refractivity contribution in [2.45, 2.75) is 65.2 Å². The molecule has 0 fully saturated rings. The van der Waals surface area contributed by atoms with Crippen LogP contribution in [0, 0.1) is 22.9 Å². The third kappa shape index (κ3) is 8.44. The predicted octanol–water partition coefficient (Wildman–Crippen LogP) is 4.37. The van der Waals surface area contributed by atoms with Gasteiger partial charge in [0.25, 0.3) is 0 Å². The summed E-state index contributed by atoms with van der Waals surface area (Å²) in [5.74, 6) is 6.76. The molecule has 1 heteroatoms. The molecule has 0 aliphatic rings. The third-order valence-electron chi connectivity index (χ3n) is 3.44. The van der Waals surface area contributed by atoms with E-state index in [1.807, 2.05) is 0 Å². The number of hydrogen-bond acceptors (Lipinski definition) is 0. The van der Waals surface area contributed by atoms with Crippen molar-refractivity contribution in [3.63, 3.8) is 0 Å². The molecule has 0 nitrogen and oxygen atoms in total. The quantitative estimate of drug-likeness (QED) is 0.398.